The molecule has 0 aliphatic heterocycles. The quantitative estimate of drug-likeness (QED) is 0.425. The van der Waals surface area contributed by atoms with Gasteiger partial charge in [0.1, 0.15) is 5.15 Å². The van der Waals surface area contributed by atoms with E-state index in [2.05, 4.69) is 16.8 Å². The second-order valence-corrected chi connectivity index (χ2v) is 2.52. The maximum Gasteiger partial charge on any atom is 0.144 e. The summed E-state index contributed by atoms with van der Waals surface area (Å²) in [5.41, 5.74) is 1.71. The molecule has 0 amide bonds. The molecule has 0 spiro atoms. The molecule has 0 N–H and O–H groups in total. The lowest BCUT2D eigenvalue weighted by molar-refractivity contribution is 1.19. The summed E-state index contributed by atoms with van der Waals surface area (Å²) in [5, 5.41) is 0.486. The summed E-state index contributed by atoms with van der Waals surface area (Å²) in [5.74, 6) is 5.63. The van der Waals surface area contributed by atoms with E-state index in [0.717, 1.165) is 11.3 Å². The Balaban J connectivity index is 3.16. The van der Waals surface area contributed by atoms with E-state index >= 15 is 0 Å². The van der Waals surface area contributed by atoms with Gasteiger partial charge in [0.2, 0.25) is 0 Å². The average Bonchev–Trinajstić information content (AvgIpc) is 1.95. The Morgan fingerprint density at radius 2 is 2.18 bits per heavy atom. The van der Waals surface area contributed by atoms with Crippen molar-refractivity contribution in [1.29, 1.82) is 0 Å². The normalized spacial score (nSPS) is 8.64. The number of aryl methyl sites for hydroxylation is 1. The lowest BCUT2D eigenvalue weighted by Gasteiger charge is -1.95. The topological polar surface area (TPSA) is 12.9 Å². The minimum Gasteiger partial charge on any atom is -0.240 e. The zero-order chi connectivity index (χ0) is 8.27. The molecule has 0 saturated heterocycles. The Morgan fingerprint density at radius 3 is 2.73 bits per heavy atom. The van der Waals surface area contributed by atoms with Gasteiger partial charge in [-0.05, 0) is 26.0 Å². The third kappa shape index (κ3) is 1.96. The minimum atomic E-state index is 0.486. The lowest BCUT2D eigenvalue weighted by Crippen LogP contribution is -1.84. The van der Waals surface area contributed by atoms with E-state index in [1.165, 1.54) is 0 Å². The van der Waals surface area contributed by atoms with Crippen molar-refractivity contribution in [2.45, 2.75) is 13.8 Å². The number of pyridine rings is 1. The van der Waals surface area contributed by atoms with Crippen molar-refractivity contribution in [3.8, 4) is 11.8 Å². The fraction of sp³-hybridized carbons (Fsp3) is 0.222. The van der Waals surface area contributed by atoms with Crippen molar-refractivity contribution in [1.82, 2.24) is 4.98 Å². The van der Waals surface area contributed by atoms with Crippen LogP contribution in [-0.4, -0.2) is 4.98 Å². The van der Waals surface area contributed by atoms with Crippen LogP contribution in [0, 0.1) is 18.8 Å². The number of halogens is 1. The van der Waals surface area contributed by atoms with Crippen molar-refractivity contribution in [2.24, 2.45) is 0 Å². The first-order valence-corrected chi connectivity index (χ1v) is 3.67. The summed E-state index contributed by atoms with van der Waals surface area (Å²) in [6.07, 6.45) is 0. The molecule has 0 atom stereocenters. The average molecular weight is 166 g/mol. The Kier molecular flexibility index (Phi) is 2.51. The van der Waals surface area contributed by atoms with Gasteiger partial charge in [0, 0.05) is 5.69 Å². The molecule has 0 saturated carbocycles. The number of aromatic nitrogens is 1. The summed E-state index contributed by atoms with van der Waals surface area (Å²) in [6, 6.07) is 3.77. The summed E-state index contributed by atoms with van der Waals surface area (Å²) >= 11 is 5.79. The molecule has 0 aliphatic rings. The van der Waals surface area contributed by atoms with Gasteiger partial charge in [-0.15, -0.1) is 5.92 Å². The zero-order valence-corrected chi connectivity index (χ0v) is 7.24. The van der Waals surface area contributed by atoms with Crippen LogP contribution in [0.1, 0.15) is 18.2 Å². The monoisotopic (exact) mass is 165 g/mol. The molecule has 11 heavy (non-hydrogen) atoms. The van der Waals surface area contributed by atoms with Crippen LogP contribution in [0.25, 0.3) is 0 Å². The first kappa shape index (κ1) is 8.10. The van der Waals surface area contributed by atoms with Gasteiger partial charge in [-0.25, -0.2) is 4.98 Å². The van der Waals surface area contributed by atoms with E-state index < -0.39 is 0 Å². The first-order chi connectivity index (χ1) is 5.24. The molecular formula is C9H8ClN. The Labute approximate surface area is 71.4 Å². The Hall–Kier alpha value is -1.00. The molecule has 1 rings (SSSR count). The van der Waals surface area contributed by atoms with E-state index in [1.54, 1.807) is 6.92 Å². The second-order valence-electron chi connectivity index (χ2n) is 2.17. The maximum atomic E-state index is 5.79. The molecule has 1 aromatic rings. The summed E-state index contributed by atoms with van der Waals surface area (Å²) in [6.45, 7) is 3.67. The van der Waals surface area contributed by atoms with Crippen LogP contribution in [-0.2, 0) is 0 Å². The fourth-order valence-electron chi connectivity index (χ4n) is 0.753. The molecule has 0 fully saturated rings. The van der Waals surface area contributed by atoms with Crippen molar-refractivity contribution in [3.05, 3.63) is 28.5 Å². The van der Waals surface area contributed by atoms with Gasteiger partial charge >= 0.3 is 0 Å². The maximum absolute atomic E-state index is 5.79. The van der Waals surface area contributed by atoms with E-state index in [1.807, 2.05) is 19.1 Å². The van der Waals surface area contributed by atoms with Gasteiger partial charge in [-0.2, -0.15) is 0 Å². The smallest absolute Gasteiger partial charge is 0.144 e. The highest BCUT2D eigenvalue weighted by Gasteiger charge is 1.96. The van der Waals surface area contributed by atoms with E-state index in [-0.39, 0.29) is 0 Å². The number of hydrogen-bond donors (Lipinski definition) is 0. The van der Waals surface area contributed by atoms with Crippen LogP contribution >= 0.6 is 11.6 Å². The highest BCUT2D eigenvalue weighted by Crippen LogP contribution is 2.11. The fourth-order valence-corrected chi connectivity index (χ4v) is 0.996. The van der Waals surface area contributed by atoms with Gasteiger partial charge in [-0.1, -0.05) is 17.5 Å². The van der Waals surface area contributed by atoms with Crippen LogP contribution in [0.5, 0.6) is 0 Å². The zero-order valence-electron chi connectivity index (χ0n) is 6.48. The molecule has 0 bridgehead atoms. The molecule has 0 unspecified atom stereocenters. The highest BCUT2D eigenvalue weighted by molar-refractivity contribution is 6.30. The second kappa shape index (κ2) is 3.41. The molecule has 56 valence electrons. The van der Waals surface area contributed by atoms with Gasteiger partial charge < -0.3 is 0 Å². The van der Waals surface area contributed by atoms with Crippen LogP contribution < -0.4 is 0 Å². The van der Waals surface area contributed by atoms with Crippen LogP contribution in [0.2, 0.25) is 5.15 Å². The van der Waals surface area contributed by atoms with Crippen LogP contribution in [0.3, 0.4) is 0 Å². The third-order valence-electron chi connectivity index (χ3n) is 1.25. The molecule has 1 heterocycles. The summed E-state index contributed by atoms with van der Waals surface area (Å²) in [7, 11) is 0. The van der Waals surface area contributed by atoms with Crippen LogP contribution in [0.15, 0.2) is 12.1 Å². The van der Waals surface area contributed by atoms with E-state index in [0.29, 0.717) is 5.15 Å². The number of hydrogen-bond acceptors (Lipinski definition) is 1. The number of nitrogens with zero attached hydrogens (tertiary/aromatic N) is 1. The molecule has 0 aliphatic carbocycles. The first-order valence-electron chi connectivity index (χ1n) is 3.30. The lowest BCUT2D eigenvalue weighted by atomic mass is 10.2. The predicted molar refractivity (Wildman–Crippen MR) is 46.5 cm³/mol. The number of rotatable bonds is 0. The Bertz CT molecular complexity index is 320. The predicted octanol–water partition coefficient (Wildman–Crippen LogP) is 2.41. The van der Waals surface area contributed by atoms with Gasteiger partial charge in [-0.3, -0.25) is 0 Å². The largest absolute Gasteiger partial charge is 0.240 e. The third-order valence-corrected chi connectivity index (χ3v) is 1.54. The van der Waals surface area contributed by atoms with Gasteiger partial charge in [0.05, 0.1) is 5.56 Å². The standard InChI is InChI=1S/C9H8ClN/c1-3-4-8-6-5-7(2)11-9(8)10/h5-6H,1-2H3. The Morgan fingerprint density at radius 1 is 1.45 bits per heavy atom. The minimum absolute atomic E-state index is 0.486. The van der Waals surface area contributed by atoms with Crippen molar-refractivity contribution < 1.29 is 0 Å². The molecule has 0 aromatic carbocycles. The van der Waals surface area contributed by atoms with Gasteiger partial charge in [0.25, 0.3) is 0 Å². The molecular weight excluding hydrogens is 158 g/mol. The summed E-state index contributed by atoms with van der Waals surface area (Å²) in [4.78, 5) is 4.06. The van der Waals surface area contributed by atoms with Crippen molar-refractivity contribution in [2.75, 3.05) is 0 Å². The van der Waals surface area contributed by atoms with Crippen molar-refractivity contribution >= 4 is 11.6 Å². The van der Waals surface area contributed by atoms with Crippen LogP contribution in [0.4, 0.5) is 0 Å². The van der Waals surface area contributed by atoms with Crippen molar-refractivity contribution in [3.63, 3.8) is 0 Å². The van der Waals surface area contributed by atoms with E-state index in [9.17, 15) is 0 Å². The van der Waals surface area contributed by atoms with E-state index in [4.69, 9.17) is 11.6 Å². The van der Waals surface area contributed by atoms with Gasteiger partial charge in [0.15, 0.2) is 0 Å². The summed E-state index contributed by atoms with van der Waals surface area (Å²) < 4.78 is 0. The highest BCUT2D eigenvalue weighted by atomic mass is 35.5. The molecule has 1 nitrogen and oxygen atoms in total. The SMILES string of the molecule is CC#Cc1ccc(C)nc1Cl. The molecule has 2 heteroatoms. The molecule has 0 radical (unpaired) electrons. The molecule has 1 aromatic heterocycles.